The van der Waals surface area contributed by atoms with Crippen molar-refractivity contribution < 1.29 is 19.0 Å². The van der Waals surface area contributed by atoms with E-state index in [1.54, 1.807) is 37.3 Å². The summed E-state index contributed by atoms with van der Waals surface area (Å²) in [6.45, 7) is 2.25. The fourth-order valence-corrected chi connectivity index (χ4v) is 2.33. The fraction of sp³-hybridized carbons (Fsp3) is 0.500. The zero-order valence-corrected chi connectivity index (χ0v) is 12.4. The van der Waals surface area contributed by atoms with E-state index in [9.17, 15) is 4.79 Å². The lowest BCUT2D eigenvalue weighted by atomic mass is 10.1. The number of nitrogens with zero attached hydrogens (tertiary/aromatic N) is 1. The van der Waals surface area contributed by atoms with Crippen LogP contribution in [0.2, 0.25) is 0 Å². The highest BCUT2D eigenvalue weighted by atomic mass is 35.5. The lowest BCUT2D eigenvalue weighted by Gasteiger charge is -2.28. The van der Waals surface area contributed by atoms with Gasteiger partial charge in [-0.3, -0.25) is 4.79 Å². The number of hydrogen-bond acceptors (Lipinski definition) is 4. The first-order chi connectivity index (χ1) is 9.65. The van der Waals surface area contributed by atoms with Gasteiger partial charge in [-0.2, -0.15) is 0 Å². The molecule has 0 saturated carbocycles. The maximum Gasteiger partial charge on any atom is 0.245 e. The summed E-state index contributed by atoms with van der Waals surface area (Å²) in [5.74, 6) is 1.10. The molecule has 1 unspecified atom stereocenters. The lowest BCUT2D eigenvalue weighted by molar-refractivity contribution is -0.134. The van der Waals surface area contributed by atoms with Crippen LogP contribution in [0.4, 0.5) is 0 Å². The molecule has 0 spiro atoms. The molecule has 6 heteroatoms. The molecule has 1 aromatic carbocycles. The summed E-state index contributed by atoms with van der Waals surface area (Å²) in [6.07, 6.45) is 0. The van der Waals surface area contributed by atoms with E-state index in [2.05, 4.69) is 0 Å². The van der Waals surface area contributed by atoms with Crippen molar-refractivity contribution in [3.05, 3.63) is 23.8 Å². The second kappa shape index (κ2) is 6.81. The predicted molar refractivity (Wildman–Crippen MR) is 75.5 cm³/mol. The second-order valence-electron chi connectivity index (χ2n) is 4.45. The van der Waals surface area contributed by atoms with Crippen LogP contribution in [-0.4, -0.2) is 51.3 Å². The average molecular weight is 300 g/mol. The molecule has 0 N–H and O–H groups in total. The number of halogens is 1. The number of alkyl halides is 1. The minimum absolute atomic E-state index is 0.120. The molecule has 1 aromatic rings. The molecule has 0 bridgehead atoms. The molecule has 110 valence electrons. The Morgan fingerprint density at radius 3 is 2.25 bits per heavy atom. The smallest absolute Gasteiger partial charge is 0.245 e. The summed E-state index contributed by atoms with van der Waals surface area (Å²) >= 11 is 6.30. The van der Waals surface area contributed by atoms with Crippen molar-refractivity contribution >= 4 is 17.5 Å². The number of amides is 1. The second-order valence-corrected chi connectivity index (χ2v) is 4.88. The third kappa shape index (κ3) is 3.35. The van der Waals surface area contributed by atoms with Crippen LogP contribution in [0.1, 0.15) is 10.9 Å². The van der Waals surface area contributed by atoms with Crippen LogP contribution in [0.3, 0.4) is 0 Å². The van der Waals surface area contributed by atoms with Crippen molar-refractivity contribution in [3.8, 4) is 11.5 Å². The third-order valence-electron chi connectivity index (χ3n) is 3.21. The summed E-state index contributed by atoms with van der Waals surface area (Å²) in [5.41, 5.74) is 0.666. The summed E-state index contributed by atoms with van der Waals surface area (Å²) < 4.78 is 15.6. The molecule has 1 aliphatic heterocycles. The Kier molecular flexibility index (Phi) is 5.09. The third-order valence-corrected chi connectivity index (χ3v) is 3.64. The first kappa shape index (κ1) is 14.9. The van der Waals surface area contributed by atoms with Crippen molar-refractivity contribution in [1.29, 1.82) is 0 Å². The first-order valence-corrected chi connectivity index (χ1v) is 6.83. The molecule has 1 fully saturated rings. The first-order valence-electron chi connectivity index (χ1n) is 6.39. The van der Waals surface area contributed by atoms with Crippen LogP contribution in [0.15, 0.2) is 18.2 Å². The van der Waals surface area contributed by atoms with Crippen LogP contribution >= 0.6 is 11.6 Å². The monoisotopic (exact) mass is 299 g/mol. The van der Waals surface area contributed by atoms with Crippen LogP contribution in [0, 0.1) is 0 Å². The van der Waals surface area contributed by atoms with Crippen molar-refractivity contribution in [2.75, 3.05) is 40.5 Å². The normalized spacial score (nSPS) is 16.6. The topological polar surface area (TPSA) is 48.0 Å². The van der Waals surface area contributed by atoms with Crippen molar-refractivity contribution in [1.82, 2.24) is 4.90 Å². The molecule has 0 aliphatic carbocycles. The number of hydrogen-bond donors (Lipinski definition) is 0. The van der Waals surface area contributed by atoms with E-state index in [-0.39, 0.29) is 5.91 Å². The lowest BCUT2D eigenvalue weighted by Crippen LogP contribution is -2.42. The van der Waals surface area contributed by atoms with Gasteiger partial charge >= 0.3 is 0 Å². The number of ether oxygens (including phenoxy) is 3. The molecule has 2 rings (SSSR count). The Morgan fingerprint density at radius 2 is 1.75 bits per heavy atom. The van der Waals surface area contributed by atoms with E-state index in [1.165, 1.54) is 0 Å². The number of rotatable bonds is 4. The van der Waals surface area contributed by atoms with Gasteiger partial charge in [0.05, 0.1) is 27.4 Å². The summed E-state index contributed by atoms with van der Waals surface area (Å²) in [7, 11) is 3.12. The number of carbonyl (C=O) groups is 1. The summed E-state index contributed by atoms with van der Waals surface area (Å²) in [4.78, 5) is 14.1. The molecular weight excluding hydrogens is 282 g/mol. The van der Waals surface area contributed by atoms with Gasteiger partial charge in [0.2, 0.25) is 5.91 Å². The Hall–Kier alpha value is -1.46. The minimum Gasteiger partial charge on any atom is -0.497 e. The van der Waals surface area contributed by atoms with Gasteiger partial charge in [-0.25, -0.2) is 0 Å². The highest BCUT2D eigenvalue weighted by Gasteiger charge is 2.26. The van der Waals surface area contributed by atoms with Gasteiger partial charge < -0.3 is 19.1 Å². The van der Waals surface area contributed by atoms with E-state index in [0.29, 0.717) is 43.4 Å². The summed E-state index contributed by atoms with van der Waals surface area (Å²) in [5, 5.41) is -0.753. The molecule has 0 aromatic heterocycles. The Morgan fingerprint density at radius 1 is 1.20 bits per heavy atom. The van der Waals surface area contributed by atoms with Crippen molar-refractivity contribution in [2.24, 2.45) is 0 Å². The molecule has 0 radical (unpaired) electrons. The quantitative estimate of drug-likeness (QED) is 0.796. The molecule has 1 atom stereocenters. The van der Waals surface area contributed by atoms with Gasteiger partial charge in [-0.05, 0) is 17.7 Å². The largest absolute Gasteiger partial charge is 0.497 e. The zero-order chi connectivity index (χ0) is 14.5. The van der Waals surface area contributed by atoms with E-state index in [4.69, 9.17) is 25.8 Å². The van der Waals surface area contributed by atoms with Gasteiger partial charge in [-0.1, -0.05) is 0 Å². The fourth-order valence-electron chi connectivity index (χ4n) is 2.06. The number of methoxy groups -OCH3 is 2. The van der Waals surface area contributed by atoms with Crippen LogP contribution in [0.5, 0.6) is 11.5 Å². The molecule has 1 heterocycles. The molecule has 5 nitrogen and oxygen atoms in total. The Balaban J connectivity index is 2.18. The van der Waals surface area contributed by atoms with E-state index >= 15 is 0 Å². The van der Waals surface area contributed by atoms with Crippen LogP contribution in [-0.2, 0) is 9.53 Å². The standard InChI is InChI=1S/C14H18ClNO4/c1-18-11-7-10(8-12(9-11)19-2)13(15)14(17)16-3-5-20-6-4-16/h7-9,13H,3-6H2,1-2H3. The predicted octanol–water partition coefficient (Wildman–Crippen LogP) is 1.84. The van der Waals surface area contributed by atoms with E-state index in [0.717, 1.165) is 0 Å². The average Bonchev–Trinajstić information content (AvgIpc) is 2.53. The van der Waals surface area contributed by atoms with Gasteiger partial charge in [-0.15, -0.1) is 11.6 Å². The molecular formula is C14H18ClNO4. The molecule has 20 heavy (non-hydrogen) atoms. The molecule has 1 amide bonds. The van der Waals surface area contributed by atoms with E-state index < -0.39 is 5.38 Å². The van der Waals surface area contributed by atoms with Gasteiger partial charge in [0.25, 0.3) is 0 Å². The maximum absolute atomic E-state index is 12.4. The molecule has 1 aliphatic rings. The maximum atomic E-state index is 12.4. The van der Waals surface area contributed by atoms with Crippen molar-refractivity contribution in [3.63, 3.8) is 0 Å². The number of carbonyl (C=O) groups excluding carboxylic acids is 1. The van der Waals surface area contributed by atoms with E-state index in [1.807, 2.05) is 0 Å². The highest BCUT2D eigenvalue weighted by Crippen LogP contribution is 2.31. The van der Waals surface area contributed by atoms with Gasteiger partial charge in [0.1, 0.15) is 16.9 Å². The Labute approximate surface area is 123 Å². The van der Waals surface area contributed by atoms with Crippen molar-refractivity contribution in [2.45, 2.75) is 5.38 Å². The number of morpholine rings is 1. The van der Waals surface area contributed by atoms with Gasteiger partial charge in [0, 0.05) is 19.2 Å². The van der Waals surface area contributed by atoms with Gasteiger partial charge in [0.15, 0.2) is 0 Å². The highest BCUT2D eigenvalue weighted by molar-refractivity contribution is 6.30. The summed E-state index contributed by atoms with van der Waals surface area (Å²) in [6, 6.07) is 5.24. The Bertz CT molecular complexity index is 452. The minimum atomic E-state index is -0.753. The van der Waals surface area contributed by atoms with Crippen LogP contribution in [0.25, 0.3) is 0 Å². The molecule has 1 saturated heterocycles. The van der Waals surface area contributed by atoms with Crippen LogP contribution < -0.4 is 9.47 Å². The SMILES string of the molecule is COc1cc(OC)cc(C(Cl)C(=O)N2CCOCC2)c1. The number of benzene rings is 1. The zero-order valence-electron chi connectivity index (χ0n) is 11.6.